The average Bonchev–Trinajstić information content (AvgIpc) is 2.29. The summed E-state index contributed by atoms with van der Waals surface area (Å²) >= 11 is 0. The van der Waals surface area contributed by atoms with E-state index >= 15 is 0 Å². The molecule has 0 aromatic carbocycles. The molecule has 0 saturated heterocycles. The van der Waals surface area contributed by atoms with E-state index in [0.717, 1.165) is 38.6 Å². The maximum absolute atomic E-state index is 12.5. The van der Waals surface area contributed by atoms with Gasteiger partial charge < -0.3 is 5.32 Å². The molecule has 1 saturated carbocycles. The van der Waals surface area contributed by atoms with Crippen molar-refractivity contribution in [2.45, 2.75) is 71.1 Å². The van der Waals surface area contributed by atoms with E-state index < -0.39 is 9.84 Å². The highest BCUT2D eigenvalue weighted by Gasteiger charge is 2.44. The predicted octanol–water partition coefficient (Wildman–Crippen LogP) is 2.76. The van der Waals surface area contributed by atoms with Gasteiger partial charge in [0.15, 0.2) is 9.84 Å². The lowest BCUT2D eigenvalue weighted by Crippen LogP contribution is -2.55. The zero-order valence-electron chi connectivity index (χ0n) is 12.3. The first-order valence-corrected chi connectivity index (χ1v) is 9.01. The van der Waals surface area contributed by atoms with E-state index in [2.05, 4.69) is 26.1 Å². The second kappa shape index (κ2) is 6.38. The largest absolute Gasteiger partial charge is 0.312 e. The van der Waals surface area contributed by atoms with Crippen LogP contribution in [0.15, 0.2) is 0 Å². The molecule has 0 aromatic heterocycles. The Kier molecular flexibility index (Phi) is 5.66. The molecule has 1 rings (SSSR count). The third kappa shape index (κ3) is 3.70. The van der Waals surface area contributed by atoms with Gasteiger partial charge in [-0.3, -0.25) is 0 Å². The van der Waals surface area contributed by atoms with Crippen LogP contribution in [0.3, 0.4) is 0 Å². The SMILES string of the molecule is CCCCS(=O)(=O)C1CCCC(C)(C)C1NCC. The molecule has 4 heteroatoms. The monoisotopic (exact) mass is 275 g/mol. The molecule has 0 heterocycles. The Balaban J connectivity index is 2.89. The fourth-order valence-electron chi connectivity index (χ4n) is 3.10. The molecular formula is C14H29NO2S. The van der Waals surface area contributed by atoms with Crippen LogP contribution in [0.25, 0.3) is 0 Å². The van der Waals surface area contributed by atoms with E-state index in [1.165, 1.54) is 0 Å². The molecule has 3 nitrogen and oxygen atoms in total. The van der Waals surface area contributed by atoms with Crippen LogP contribution >= 0.6 is 0 Å². The summed E-state index contributed by atoms with van der Waals surface area (Å²) in [4.78, 5) is 0. The quantitative estimate of drug-likeness (QED) is 0.811. The summed E-state index contributed by atoms with van der Waals surface area (Å²) in [6.45, 7) is 9.33. The Morgan fingerprint density at radius 1 is 1.28 bits per heavy atom. The Bertz CT molecular complexity index is 349. The summed E-state index contributed by atoms with van der Waals surface area (Å²) in [7, 11) is -2.95. The molecule has 1 aliphatic rings. The lowest BCUT2D eigenvalue weighted by atomic mass is 9.73. The van der Waals surface area contributed by atoms with Crippen LogP contribution in [0.1, 0.15) is 59.8 Å². The van der Waals surface area contributed by atoms with Gasteiger partial charge in [0, 0.05) is 6.04 Å². The molecule has 0 bridgehead atoms. The minimum Gasteiger partial charge on any atom is -0.312 e. The molecular weight excluding hydrogens is 246 g/mol. The van der Waals surface area contributed by atoms with E-state index in [-0.39, 0.29) is 16.7 Å². The number of rotatable bonds is 6. The standard InChI is InChI=1S/C14H29NO2S/c1-5-7-11-18(16,17)12-9-8-10-14(3,4)13(12)15-6-2/h12-13,15H,5-11H2,1-4H3. The van der Waals surface area contributed by atoms with Gasteiger partial charge in [0.05, 0.1) is 11.0 Å². The van der Waals surface area contributed by atoms with Crippen molar-refractivity contribution in [3.05, 3.63) is 0 Å². The van der Waals surface area contributed by atoms with Gasteiger partial charge in [-0.15, -0.1) is 0 Å². The highest BCUT2D eigenvalue weighted by Crippen LogP contribution is 2.38. The zero-order valence-corrected chi connectivity index (χ0v) is 13.1. The molecule has 1 aliphatic carbocycles. The fourth-order valence-corrected chi connectivity index (χ4v) is 5.49. The third-order valence-corrected chi connectivity index (χ3v) is 6.48. The number of sulfone groups is 1. The molecule has 108 valence electrons. The second-order valence-electron chi connectivity index (χ2n) is 6.18. The van der Waals surface area contributed by atoms with Crippen LogP contribution in [0.2, 0.25) is 0 Å². The van der Waals surface area contributed by atoms with Gasteiger partial charge in [-0.2, -0.15) is 0 Å². The van der Waals surface area contributed by atoms with Crippen molar-refractivity contribution in [1.29, 1.82) is 0 Å². The topological polar surface area (TPSA) is 46.2 Å². The van der Waals surface area contributed by atoms with Crippen LogP contribution in [0.5, 0.6) is 0 Å². The van der Waals surface area contributed by atoms with Crippen LogP contribution in [0.4, 0.5) is 0 Å². The predicted molar refractivity (Wildman–Crippen MR) is 77.6 cm³/mol. The summed E-state index contributed by atoms with van der Waals surface area (Å²) in [5, 5.41) is 3.24. The second-order valence-corrected chi connectivity index (χ2v) is 8.51. The maximum atomic E-state index is 12.5. The highest BCUT2D eigenvalue weighted by atomic mass is 32.2. The fraction of sp³-hybridized carbons (Fsp3) is 1.00. The minimum atomic E-state index is -2.95. The van der Waals surface area contributed by atoms with Crippen molar-refractivity contribution < 1.29 is 8.42 Å². The Morgan fingerprint density at radius 3 is 2.50 bits per heavy atom. The molecule has 2 atom stereocenters. The van der Waals surface area contributed by atoms with Gasteiger partial charge in [-0.1, -0.05) is 40.5 Å². The van der Waals surface area contributed by atoms with E-state index in [0.29, 0.717) is 5.75 Å². The first kappa shape index (κ1) is 16.0. The van der Waals surface area contributed by atoms with Crippen molar-refractivity contribution in [3.63, 3.8) is 0 Å². The van der Waals surface area contributed by atoms with Crippen LogP contribution in [0, 0.1) is 5.41 Å². The Morgan fingerprint density at radius 2 is 1.94 bits per heavy atom. The normalized spacial score (nSPS) is 28.2. The molecule has 0 aromatic rings. The molecule has 0 spiro atoms. The smallest absolute Gasteiger partial charge is 0.154 e. The molecule has 1 fully saturated rings. The summed E-state index contributed by atoms with van der Waals surface area (Å²) in [5.41, 5.74) is 0.0816. The summed E-state index contributed by atoms with van der Waals surface area (Å²) < 4.78 is 25.0. The lowest BCUT2D eigenvalue weighted by molar-refractivity contribution is 0.172. The summed E-state index contributed by atoms with van der Waals surface area (Å²) in [6, 6.07) is 0.109. The van der Waals surface area contributed by atoms with Crippen molar-refractivity contribution in [2.75, 3.05) is 12.3 Å². The van der Waals surface area contributed by atoms with Gasteiger partial charge in [-0.25, -0.2) is 8.42 Å². The number of hydrogen-bond acceptors (Lipinski definition) is 3. The van der Waals surface area contributed by atoms with E-state index in [1.54, 1.807) is 0 Å². The van der Waals surface area contributed by atoms with Crippen LogP contribution in [-0.4, -0.2) is 32.0 Å². The molecule has 18 heavy (non-hydrogen) atoms. The van der Waals surface area contributed by atoms with E-state index in [1.807, 2.05) is 6.92 Å². The number of hydrogen-bond donors (Lipinski definition) is 1. The lowest BCUT2D eigenvalue weighted by Gasteiger charge is -2.44. The molecule has 0 aliphatic heterocycles. The van der Waals surface area contributed by atoms with Gasteiger partial charge in [0.1, 0.15) is 0 Å². The van der Waals surface area contributed by atoms with Crippen molar-refractivity contribution in [3.8, 4) is 0 Å². The molecule has 0 amide bonds. The summed E-state index contributed by atoms with van der Waals surface area (Å²) in [6.07, 6.45) is 4.71. The Hall–Kier alpha value is -0.0900. The maximum Gasteiger partial charge on any atom is 0.154 e. The summed E-state index contributed by atoms with van der Waals surface area (Å²) in [5.74, 6) is 0.353. The van der Waals surface area contributed by atoms with Crippen LogP contribution in [-0.2, 0) is 9.84 Å². The first-order chi connectivity index (χ1) is 8.35. The van der Waals surface area contributed by atoms with E-state index in [4.69, 9.17) is 0 Å². The molecule has 2 unspecified atom stereocenters. The minimum absolute atomic E-state index is 0.0816. The average molecular weight is 275 g/mol. The number of unbranched alkanes of at least 4 members (excludes halogenated alkanes) is 1. The molecule has 1 N–H and O–H groups in total. The van der Waals surface area contributed by atoms with Crippen molar-refractivity contribution >= 4 is 9.84 Å². The van der Waals surface area contributed by atoms with E-state index in [9.17, 15) is 8.42 Å². The van der Waals surface area contributed by atoms with Crippen molar-refractivity contribution in [2.24, 2.45) is 5.41 Å². The number of nitrogens with one attached hydrogen (secondary N) is 1. The zero-order chi connectivity index (χ0) is 13.8. The van der Waals surface area contributed by atoms with Gasteiger partial charge in [0.2, 0.25) is 0 Å². The van der Waals surface area contributed by atoms with Gasteiger partial charge >= 0.3 is 0 Å². The van der Waals surface area contributed by atoms with Gasteiger partial charge in [0.25, 0.3) is 0 Å². The highest BCUT2D eigenvalue weighted by molar-refractivity contribution is 7.92. The van der Waals surface area contributed by atoms with Crippen molar-refractivity contribution in [1.82, 2.24) is 5.32 Å². The first-order valence-electron chi connectivity index (χ1n) is 7.30. The Labute approximate surface area is 113 Å². The van der Waals surface area contributed by atoms with Gasteiger partial charge in [-0.05, 0) is 31.2 Å². The third-order valence-electron chi connectivity index (χ3n) is 4.19. The van der Waals surface area contributed by atoms with Crippen LogP contribution < -0.4 is 5.32 Å². The molecule has 0 radical (unpaired) electrons.